The Hall–Kier alpha value is -5.70. The average Bonchev–Trinajstić information content (AvgIpc) is 3.50. The van der Waals surface area contributed by atoms with E-state index in [1.54, 1.807) is 0 Å². The molecule has 0 saturated carbocycles. The van der Waals surface area contributed by atoms with Crippen LogP contribution < -0.4 is 5.73 Å². The highest BCUT2D eigenvalue weighted by molar-refractivity contribution is 6.13. The first-order valence-corrected chi connectivity index (χ1v) is 15.3. The second-order valence-corrected chi connectivity index (χ2v) is 11.5. The molecule has 8 aromatic rings. The van der Waals surface area contributed by atoms with Crippen molar-refractivity contribution >= 4 is 21.9 Å². The number of fused-ring (bicyclic) bond motifs is 3. The van der Waals surface area contributed by atoms with Crippen molar-refractivity contribution in [1.82, 2.24) is 0 Å². The number of rotatable bonds is 6. The van der Waals surface area contributed by atoms with Gasteiger partial charge in [0.25, 0.3) is 0 Å². The minimum absolute atomic E-state index is 0.195. The van der Waals surface area contributed by atoms with Crippen molar-refractivity contribution in [3.63, 3.8) is 0 Å². The molecule has 1 heterocycles. The van der Waals surface area contributed by atoms with Gasteiger partial charge in [0.15, 0.2) is 0 Å². The van der Waals surface area contributed by atoms with E-state index < -0.39 is 0 Å². The summed E-state index contributed by atoms with van der Waals surface area (Å²) in [5.41, 5.74) is 20.1. The lowest BCUT2D eigenvalue weighted by Crippen LogP contribution is -2.11. The Morgan fingerprint density at radius 1 is 0.378 bits per heavy atom. The van der Waals surface area contributed by atoms with Crippen molar-refractivity contribution < 1.29 is 4.42 Å². The molecule has 0 bridgehead atoms. The molecular formula is C43H31NO. The summed E-state index contributed by atoms with van der Waals surface area (Å²) in [7, 11) is 0. The SMILES string of the molecule is NC(c1ccccc1)c1cccc(-c2cccc3oc4ccc(-c5cccc(-c6ccc(-c7ccccc7)cc6)c5)cc4c23)c1. The molecule has 1 unspecified atom stereocenters. The fourth-order valence-corrected chi connectivity index (χ4v) is 6.36. The molecular weight excluding hydrogens is 546 g/mol. The number of furan rings is 1. The van der Waals surface area contributed by atoms with Gasteiger partial charge in [-0.15, -0.1) is 0 Å². The highest BCUT2D eigenvalue weighted by atomic mass is 16.3. The Bertz CT molecular complexity index is 2260. The lowest BCUT2D eigenvalue weighted by molar-refractivity contribution is 0.669. The maximum atomic E-state index is 6.70. The van der Waals surface area contributed by atoms with Crippen LogP contribution >= 0.6 is 0 Å². The number of nitrogens with two attached hydrogens (primary N) is 1. The third-order valence-electron chi connectivity index (χ3n) is 8.73. The quantitative estimate of drug-likeness (QED) is 0.213. The van der Waals surface area contributed by atoms with E-state index in [0.717, 1.165) is 49.8 Å². The van der Waals surface area contributed by atoms with E-state index in [2.05, 4.69) is 146 Å². The van der Waals surface area contributed by atoms with Crippen molar-refractivity contribution in [3.8, 4) is 44.5 Å². The van der Waals surface area contributed by atoms with Crippen LogP contribution in [0.5, 0.6) is 0 Å². The second-order valence-electron chi connectivity index (χ2n) is 11.5. The molecule has 0 radical (unpaired) electrons. The van der Waals surface area contributed by atoms with Crippen LogP contribution in [0, 0.1) is 0 Å². The summed E-state index contributed by atoms with van der Waals surface area (Å²) in [6.07, 6.45) is 0. The van der Waals surface area contributed by atoms with Crippen LogP contribution in [0.3, 0.4) is 0 Å². The first-order valence-electron chi connectivity index (χ1n) is 15.3. The lowest BCUT2D eigenvalue weighted by atomic mass is 9.93. The molecule has 0 amide bonds. The monoisotopic (exact) mass is 577 g/mol. The molecule has 0 spiro atoms. The van der Waals surface area contributed by atoms with Gasteiger partial charge in [-0.2, -0.15) is 0 Å². The van der Waals surface area contributed by atoms with Crippen molar-refractivity contribution in [2.24, 2.45) is 5.73 Å². The van der Waals surface area contributed by atoms with Gasteiger partial charge in [-0.1, -0.05) is 140 Å². The lowest BCUT2D eigenvalue weighted by Gasteiger charge is -2.14. The fourth-order valence-electron chi connectivity index (χ4n) is 6.36. The van der Waals surface area contributed by atoms with Gasteiger partial charge < -0.3 is 10.2 Å². The van der Waals surface area contributed by atoms with Crippen molar-refractivity contribution in [3.05, 3.63) is 181 Å². The summed E-state index contributed by atoms with van der Waals surface area (Å²) in [5.74, 6) is 0. The van der Waals surface area contributed by atoms with E-state index in [-0.39, 0.29) is 6.04 Å². The molecule has 8 rings (SSSR count). The first kappa shape index (κ1) is 26.9. The van der Waals surface area contributed by atoms with E-state index in [1.165, 1.54) is 27.8 Å². The molecule has 1 aromatic heterocycles. The van der Waals surface area contributed by atoms with Gasteiger partial charge in [0.05, 0.1) is 6.04 Å². The molecule has 1 atom stereocenters. The molecule has 2 nitrogen and oxygen atoms in total. The van der Waals surface area contributed by atoms with E-state index >= 15 is 0 Å². The van der Waals surface area contributed by atoms with Gasteiger partial charge in [-0.3, -0.25) is 0 Å². The molecule has 0 aliphatic rings. The summed E-state index contributed by atoms with van der Waals surface area (Å²) in [5, 5.41) is 2.22. The van der Waals surface area contributed by atoms with Gasteiger partial charge in [0.1, 0.15) is 11.2 Å². The summed E-state index contributed by atoms with van der Waals surface area (Å²) in [6.45, 7) is 0. The van der Waals surface area contributed by atoms with E-state index in [0.29, 0.717) is 0 Å². The van der Waals surface area contributed by atoms with E-state index in [1.807, 2.05) is 24.3 Å². The molecule has 0 saturated heterocycles. The summed E-state index contributed by atoms with van der Waals surface area (Å²) >= 11 is 0. The molecule has 7 aromatic carbocycles. The predicted molar refractivity (Wildman–Crippen MR) is 188 cm³/mol. The largest absolute Gasteiger partial charge is 0.456 e. The third kappa shape index (κ3) is 5.12. The van der Waals surface area contributed by atoms with Gasteiger partial charge in [-0.25, -0.2) is 0 Å². The topological polar surface area (TPSA) is 39.2 Å². The summed E-state index contributed by atoms with van der Waals surface area (Å²) < 4.78 is 6.37. The van der Waals surface area contributed by atoms with Crippen molar-refractivity contribution in [2.45, 2.75) is 6.04 Å². The molecule has 0 aliphatic carbocycles. The molecule has 2 N–H and O–H groups in total. The Morgan fingerprint density at radius 3 is 1.69 bits per heavy atom. The Kier molecular flexibility index (Phi) is 6.83. The predicted octanol–water partition coefficient (Wildman–Crippen LogP) is 11.3. The van der Waals surface area contributed by atoms with E-state index in [9.17, 15) is 0 Å². The Morgan fingerprint density at radius 2 is 0.911 bits per heavy atom. The summed E-state index contributed by atoms with van der Waals surface area (Å²) in [6, 6.07) is 59.5. The minimum Gasteiger partial charge on any atom is -0.456 e. The number of hydrogen-bond acceptors (Lipinski definition) is 2. The maximum absolute atomic E-state index is 6.70. The van der Waals surface area contributed by atoms with Crippen LogP contribution in [0.15, 0.2) is 174 Å². The van der Waals surface area contributed by atoms with E-state index in [4.69, 9.17) is 10.2 Å². The van der Waals surface area contributed by atoms with Crippen LogP contribution in [0.2, 0.25) is 0 Å². The van der Waals surface area contributed by atoms with Crippen molar-refractivity contribution in [2.75, 3.05) is 0 Å². The zero-order valence-electron chi connectivity index (χ0n) is 24.7. The molecule has 45 heavy (non-hydrogen) atoms. The standard InChI is InChI=1S/C43H31NO/c44-43(32-12-5-2-6-13-32)37-17-8-16-36(27-37)38-18-9-19-41-42(38)39-28-35(24-25-40(39)45-41)34-15-7-14-33(26-34)31-22-20-30(21-23-31)29-10-3-1-4-11-29/h1-28,43H,44H2. The Labute approximate surface area is 263 Å². The molecule has 2 heteroatoms. The van der Waals surface area contributed by atoms with Crippen LogP contribution in [0.1, 0.15) is 17.2 Å². The van der Waals surface area contributed by atoms with Gasteiger partial charge in [-0.05, 0) is 86.0 Å². The van der Waals surface area contributed by atoms with Crippen LogP contribution in [-0.2, 0) is 0 Å². The average molecular weight is 578 g/mol. The van der Waals surface area contributed by atoms with Crippen LogP contribution in [0.25, 0.3) is 66.4 Å². The van der Waals surface area contributed by atoms with Crippen LogP contribution in [0.4, 0.5) is 0 Å². The number of hydrogen-bond donors (Lipinski definition) is 1. The zero-order valence-corrected chi connectivity index (χ0v) is 24.7. The minimum atomic E-state index is -0.195. The first-order chi connectivity index (χ1) is 22.2. The smallest absolute Gasteiger partial charge is 0.136 e. The maximum Gasteiger partial charge on any atom is 0.136 e. The van der Waals surface area contributed by atoms with Gasteiger partial charge in [0, 0.05) is 10.8 Å². The van der Waals surface area contributed by atoms with Crippen molar-refractivity contribution in [1.29, 1.82) is 0 Å². The fraction of sp³-hybridized carbons (Fsp3) is 0.0233. The van der Waals surface area contributed by atoms with Gasteiger partial charge in [0.2, 0.25) is 0 Å². The highest BCUT2D eigenvalue weighted by Crippen LogP contribution is 2.39. The second kappa shape index (κ2) is 11.4. The highest BCUT2D eigenvalue weighted by Gasteiger charge is 2.16. The number of benzene rings is 7. The zero-order chi connectivity index (χ0) is 30.2. The summed E-state index contributed by atoms with van der Waals surface area (Å²) in [4.78, 5) is 0. The molecule has 214 valence electrons. The third-order valence-corrected chi connectivity index (χ3v) is 8.73. The molecule has 0 aliphatic heterocycles. The van der Waals surface area contributed by atoms with Crippen LogP contribution in [-0.4, -0.2) is 0 Å². The normalized spacial score (nSPS) is 12.0. The van der Waals surface area contributed by atoms with Gasteiger partial charge >= 0.3 is 0 Å². The molecule has 0 fully saturated rings. The Balaban J connectivity index is 1.17.